The molecule has 19 heavy (non-hydrogen) atoms. The van der Waals surface area contributed by atoms with Crippen LogP contribution >= 0.6 is 0 Å². The molecule has 1 aromatic rings. The summed E-state index contributed by atoms with van der Waals surface area (Å²) in [4.78, 5) is 14.2. The van der Waals surface area contributed by atoms with Crippen LogP contribution in [-0.4, -0.2) is 29.9 Å². The van der Waals surface area contributed by atoms with Crippen LogP contribution in [0.3, 0.4) is 0 Å². The molecule has 0 aromatic heterocycles. The van der Waals surface area contributed by atoms with Crippen LogP contribution in [0.25, 0.3) is 0 Å². The molecular weight excluding hydrogens is 243 g/mol. The molecule has 1 fully saturated rings. The van der Waals surface area contributed by atoms with Crippen molar-refractivity contribution in [3.05, 3.63) is 35.1 Å². The van der Waals surface area contributed by atoms with E-state index >= 15 is 0 Å². The molecule has 1 amide bonds. The van der Waals surface area contributed by atoms with Gasteiger partial charge in [-0.2, -0.15) is 0 Å². The van der Waals surface area contributed by atoms with Crippen LogP contribution in [0.1, 0.15) is 35.7 Å². The molecule has 0 saturated carbocycles. The number of hydrogen-bond acceptors (Lipinski definition) is 2. The second kappa shape index (κ2) is 5.70. The zero-order valence-corrected chi connectivity index (χ0v) is 11.5. The number of hydrogen-bond donors (Lipinski definition) is 1. The maximum atomic E-state index is 13.2. The number of rotatable bonds is 2. The third kappa shape index (κ3) is 2.95. The first kappa shape index (κ1) is 14.0. The van der Waals surface area contributed by atoms with Gasteiger partial charge in [0.15, 0.2) is 0 Å². The smallest absolute Gasteiger partial charge is 0.253 e. The Morgan fingerprint density at radius 3 is 2.89 bits per heavy atom. The van der Waals surface area contributed by atoms with E-state index < -0.39 is 0 Å². The summed E-state index contributed by atoms with van der Waals surface area (Å²) in [6, 6.07) is 4.71. The average molecular weight is 264 g/mol. The van der Waals surface area contributed by atoms with Crippen molar-refractivity contribution in [3.8, 4) is 0 Å². The number of halogens is 1. The van der Waals surface area contributed by atoms with Crippen LogP contribution in [0.4, 0.5) is 4.39 Å². The summed E-state index contributed by atoms with van der Waals surface area (Å²) in [7, 11) is 0. The van der Waals surface area contributed by atoms with Crippen molar-refractivity contribution in [1.82, 2.24) is 4.90 Å². The monoisotopic (exact) mass is 264 g/mol. The third-order valence-electron chi connectivity index (χ3n) is 4.01. The number of aryl methyl sites for hydroxylation is 1. The highest BCUT2D eigenvalue weighted by atomic mass is 19.1. The van der Waals surface area contributed by atoms with E-state index in [0.717, 1.165) is 12.8 Å². The molecule has 1 aromatic carbocycles. The molecule has 1 heterocycles. The molecule has 104 valence electrons. The second-order valence-electron chi connectivity index (χ2n) is 5.34. The predicted octanol–water partition coefficient (Wildman–Crippen LogP) is 2.33. The van der Waals surface area contributed by atoms with E-state index in [2.05, 4.69) is 6.92 Å². The van der Waals surface area contributed by atoms with Crippen molar-refractivity contribution >= 4 is 5.91 Å². The van der Waals surface area contributed by atoms with Crippen molar-refractivity contribution < 1.29 is 9.18 Å². The largest absolute Gasteiger partial charge is 0.338 e. The Bertz CT molecular complexity index is 475. The van der Waals surface area contributed by atoms with Gasteiger partial charge in [-0.25, -0.2) is 4.39 Å². The van der Waals surface area contributed by atoms with Gasteiger partial charge in [0, 0.05) is 24.7 Å². The lowest BCUT2D eigenvalue weighted by Crippen LogP contribution is -2.49. The van der Waals surface area contributed by atoms with Gasteiger partial charge in [0.1, 0.15) is 5.82 Å². The highest BCUT2D eigenvalue weighted by Gasteiger charge is 2.28. The topological polar surface area (TPSA) is 46.3 Å². The SMILES string of the molecule is CCC1CN(C(=O)c2ccc(F)c(C)c2)CCC1N. The van der Waals surface area contributed by atoms with Gasteiger partial charge >= 0.3 is 0 Å². The maximum Gasteiger partial charge on any atom is 0.253 e. The first-order valence-corrected chi connectivity index (χ1v) is 6.84. The Kier molecular flexibility index (Phi) is 4.20. The summed E-state index contributed by atoms with van der Waals surface area (Å²) in [5.74, 6) is 0.0661. The standard InChI is InChI=1S/C15H21FN2O/c1-3-11-9-18(7-6-14(11)17)15(19)12-4-5-13(16)10(2)8-12/h4-5,8,11,14H,3,6-7,9,17H2,1-2H3. The highest BCUT2D eigenvalue weighted by Crippen LogP contribution is 2.21. The van der Waals surface area contributed by atoms with Crippen molar-refractivity contribution in [2.75, 3.05) is 13.1 Å². The number of nitrogens with two attached hydrogens (primary N) is 1. The Balaban J connectivity index is 2.13. The van der Waals surface area contributed by atoms with Crippen LogP contribution < -0.4 is 5.73 Å². The lowest BCUT2D eigenvalue weighted by atomic mass is 9.90. The Morgan fingerprint density at radius 2 is 2.26 bits per heavy atom. The summed E-state index contributed by atoms with van der Waals surface area (Å²) >= 11 is 0. The van der Waals surface area contributed by atoms with Crippen LogP contribution in [0.5, 0.6) is 0 Å². The molecule has 2 N–H and O–H groups in total. The fourth-order valence-corrected chi connectivity index (χ4v) is 2.63. The minimum Gasteiger partial charge on any atom is -0.338 e. The van der Waals surface area contributed by atoms with E-state index in [0.29, 0.717) is 30.1 Å². The van der Waals surface area contributed by atoms with Gasteiger partial charge < -0.3 is 10.6 Å². The number of piperidine rings is 1. The van der Waals surface area contributed by atoms with E-state index in [-0.39, 0.29) is 17.8 Å². The quantitative estimate of drug-likeness (QED) is 0.891. The number of likely N-dealkylation sites (tertiary alicyclic amines) is 1. The van der Waals surface area contributed by atoms with Gasteiger partial charge in [0.2, 0.25) is 0 Å². The van der Waals surface area contributed by atoms with E-state index in [1.807, 2.05) is 4.90 Å². The van der Waals surface area contributed by atoms with E-state index in [9.17, 15) is 9.18 Å². The van der Waals surface area contributed by atoms with Gasteiger partial charge in [-0.1, -0.05) is 13.3 Å². The first-order valence-electron chi connectivity index (χ1n) is 6.84. The van der Waals surface area contributed by atoms with Crippen LogP contribution in [0.15, 0.2) is 18.2 Å². The van der Waals surface area contributed by atoms with Crippen molar-refractivity contribution in [2.45, 2.75) is 32.7 Å². The molecule has 1 aliphatic rings. The summed E-state index contributed by atoms with van der Waals surface area (Å²) < 4.78 is 13.2. The van der Waals surface area contributed by atoms with Crippen molar-refractivity contribution in [2.24, 2.45) is 11.7 Å². The zero-order valence-electron chi connectivity index (χ0n) is 11.5. The molecule has 4 heteroatoms. The van der Waals surface area contributed by atoms with Gasteiger partial charge in [-0.3, -0.25) is 4.79 Å². The summed E-state index contributed by atoms with van der Waals surface area (Å²) in [5, 5.41) is 0. The van der Waals surface area contributed by atoms with Crippen LogP contribution in [0.2, 0.25) is 0 Å². The van der Waals surface area contributed by atoms with Crippen molar-refractivity contribution in [1.29, 1.82) is 0 Å². The molecule has 2 unspecified atom stereocenters. The fourth-order valence-electron chi connectivity index (χ4n) is 2.63. The summed E-state index contributed by atoms with van der Waals surface area (Å²) in [6.45, 7) is 5.16. The van der Waals surface area contributed by atoms with E-state index in [1.54, 1.807) is 19.1 Å². The molecule has 0 aliphatic carbocycles. The predicted molar refractivity (Wildman–Crippen MR) is 73.4 cm³/mol. The zero-order chi connectivity index (χ0) is 14.0. The molecule has 1 saturated heterocycles. The Morgan fingerprint density at radius 1 is 1.53 bits per heavy atom. The molecule has 0 spiro atoms. The lowest BCUT2D eigenvalue weighted by molar-refractivity contribution is 0.0649. The fraction of sp³-hybridized carbons (Fsp3) is 0.533. The minimum atomic E-state index is -0.274. The second-order valence-corrected chi connectivity index (χ2v) is 5.34. The molecule has 3 nitrogen and oxygen atoms in total. The minimum absolute atomic E-state index is 0.0200. The van der Waals surface area contributed by atoms with E-state index in [1.165, 1.54) is 6.07 Å². The first-order chi connectivity index (χ1) is 9.02. The van der Waals surface area contributed by atoms with Crippen LogP contribution in [-0.2, 0) is 0 Å². The molecule has 2 atom stereocenters. The molecule has 1 aliphatic heterocycles. The molecule has 0 bridgehead atoms. The normalized spacial score (nSPS) is 23.5. The van der Waals surface area contributed by atoms with Crippen LogP contribution in [0, 0.1) is 18.7 Å². The molecule has 0 radical (unpaired) electrons. The number of nitrogens with zero attached hydrogens (tertiary/aromatic N) is 1. The van der Waals surface area contributed by atoms with Gasteiger partial charge in [-0.15, -0.1) is 0 Å². The third-order valence-corrected chi connectivity index (χ3v) is 4.01. The van der Waals surface area contributed by atoms with Gasteiger partial charge in [-0.05, 0) is 43.0 Å². The average Bonchev–Trinajstić information content (AvgIpc) is 2.41. The number of benzene rings is 1. The summed E-state index contributed by atoms with van der Waals surface area (Å²) in [5.41, 5.74) is 7.11. The lowest BCUT2D eigenvalue weighted by Gasteiger charge is -2.36. The number of carbonyl (C=O) groups excluding carboxylic acids is 1. The van der Waals surface area contributed by atoms with Gasteiger partial charge in [0.25, 0.3) is 5.91 Å². The number of amides is 1. The number of carbonyl (C=O) groups is 1. The van der Waals surface area contributed by atoms with Crippen molar-refractivity contribution in [3.63, 3.8) is 0 Å². The van der Waals surface area contributed by atoms with Gasteiger partial charge in [0.05, 0.1) is 0 Å². The molecular formula is C15H21FN2O. The Labute approximate surface area is 113 Å². The Hall–Kier alpha value is -1.42. The van der Waals surface area contributed by atoms with E-state index in [4.69, 9.17) is 5.73 Å². The molecule has 2 rings (SSSR count). The highest BCUT2D eigenvalue weighted by molar-refractivity contribution is 5.94. The maximum absolute atomic E-state index is 13.2. The summed E-state index contributed by atoms with van der Waals surface area (Å²) in [6.07, 6.45) is 1.82.